The van der Waals surface area contributed by atoms with Crippen molar-refractivity contribution in [3.05, 3.63) is 56.2 Å². The maximum absolute atomic E-state index is 12.2. The van der Waals surface area contributed by atoms with E-state index in [-0.39, 0.29) is 11.5 Å². The average Bonchev–Trinajstić information content (AvgIpc) is 2.57. The Morgan fingerprint density at radius 1 is 1.17 bits per heavy atom. The summed E-state index contributed by atoms with van der Waals surface area (Å²) in [5.41, 5.74) is -1.57. The summed E-state index contributed by atoms with van der Waals surface area (Å²) >= 11 is 0. The summed E-state index contributed by atoms with van der Waals surface area (Å²) in [5.74, 6) is -1.27. The number of ketones is 1. The molecule has 0 atom stereocenters. The summed E-state index contributed by atoms with van der Waals surface area (Å²) in [5, 5.41) is 19.4. The molecule has 0 bridgehead atoms. The number of phenols is 1. The third kappa shape index (κ3) is 2.94. The van der Waals surface area contributed by atoms with Crippen LogP contribution in [-0.4, -0.2) is 32.2 Å². The number of ether oxygens (including phenoxy) is 1. The Hall–Kier alpha value is -3.29. The van der Waals surface area contributed by atoms with Gasteiger partial charge in [0.2, 0.25) is 5.88 Å². The van der Waals surface area contributed by atoms with E-state index < -0.39 is 28.5 Å². The van der Waals surface area contributed by atoms with Gasteiger partial charge in [0.25, 0.3) is 5.56 Å². The van der Waals surface area contributed by atoms with Crippen molar-refractivity contribution in [2.24, 2.45) is 14.1 Å². The predicted molar refractivity (Wildman–Crippen MR) is 86.6 cm³/mol. The minimum absolute atomic E-state index is 0.0504. The van der Waals surface area contributed by atoms with E-state index in [0.29, 0.717) is 5.56 Å². The molecule has 0 amide bonds. The summed E-state index contributed by atoms with van der Waals surface area (Å²) in [7, 11) is 3.86. The Kier molecular flexibility index (Phi) is 4.59. The second kappa shape index (κ2) is 6.45. The van der Waals surface area contributed by atoms with Crippen LogP contribution in [-0.2, 0) is 14.1 Å². The van der Waals surface area contributed by atoms with E-state index in [0.717, 1.165) is 15.2 Å². The van der Waals surface area contributed by atoms with Crippen LogP contribution in [0.4, 0.5) is 0 Å². The van der Waals surface area contributed by atoms with Gasteiger partial charge in [0.05, 0.1) is 7.11 Å². The highest BCUT2D eigenvalue weighted by Crippen LogP contribution is 2.26. The monoisotopic (exact) mass is 332 g/mol. The van der Waals surface area contributed by atoms with Crippen LogP contribution in [0.2, 0.25) is 0 Å². The van der Waals surface area contributed by atoms with E-state index in [2.05, 4.69) is 0 Å². The van der Waals surface area contributed by atoms with Gasteiger partial charge in [0, 0.05) is 14.1 Å². The SMILES string of the molecule is COc1cc(/C=C/C(=O)c2c(O)n(C)c(=O)n(C)c2=O)ccc1O. The smallest absolute Gasteiger partial charge is 0.333 e. The Morgan fingerprint density at radius 3 is 2.46 bits per heavy atom. The number of hydrogen-bond donors (Lipinski definition) is 2. The molecule has 1 aromatic heterocycles. The second-order valence-corrected chi connectivity index (χ2v) is 5.03. The number of methoxy groups -OCH3 is 1. The third-order valence-electron chi connectivity index (χ3n) is 3.51. The molecule has 0 fully saturated rings. The molecule has 1 aromatic carbocycles. The van der Waals surface area contributed by atoms with Crippen molar-refractivity contribution < 1.29 is 19.7 Å². The molecule has 0 aliphatic carbocycles. The molecule has 1 heterocycles. The summed E-state index contributed by atoms with van der Waals surface area (Å²) in [6, 6.07) is 4.43. The normalized spacial score (nSPS) is 11.0. The highest BCUT2D eigenvalue weighted by atomic mass is 16.5. The number of hydrogen-bond acceptors (Lipinski definition) is 6. The molecule has 2 aromatic rings. The number of nitrogens with zero attached hydrogens (tertiary/aromatic N) is 2. The van der Waals surface area contributed by atoms with Crippen LogP contribution in [0.5, 0.6) is 17.4 Å². The molecule has 0 aliphatic rings. The zero-order chi connectivity index (χ0) is 18.0. The van der Waals surface area contributed by atoms with Crippen LogP contribution in [0, 0.1) is 0 Å². The standard InChI is InChI=1S/C16H16N2O6/c1-17-14(21)13(15(22)18(2)16(17)23)11(20)7-5-9-4-6-10(19)12(8-9)24-3/h4-8,19,21H,1-3H3/b7-5+. The molecule has 8 nitrogen and oxygen atoms in total. The van der Waals surface area contributed by atoms with Crippen molar-refractivity contribution in [1.29, 1.82) is 0 Å². The van der Waals surface area contributed by atoms with Crippen LogP contribution < -0.4 is 16.0 Å². The first-order chi connectivity index (χ1) is 11.3. The third-order valence-corrected chi connectivity index (χ3v) is 3.51. The number of carbonyl (C=O) groups is 1. The first-order valence-corrected chi connectivity index (χ1v) is 6.86. The van der Waals surface area contributed by atoms with Crippen molar-refractivity contribution in [3.63, 3.8) is 0 Å². The Balaban J connectivity index is 2.45. The van der Waals surface area contributed by atoms with Gasteiger partial charge in [-0.15, -0.1) is 0 Å². The first-order valence-electron chi connectivity index (χ1n) is 6.86. The number of aromatic nitrogens is 2. The van der Waals surface area contributed by atoms with Gasteiger partial charge in [0.15, 0.2) is 17.3 Å². The number of benzene rings is 1. The van der Waals surface area contributed by atoms with E-state index in [1.807, 2.05) is 0 Å². The number of rotatable bonds is 4. The molecular formula is C16H16N2O6. The molecule has 8 heteroatoms. The van der Waals surface area contributed by atoms with Crippen molar-refractivity contribution >= 4 is 11.9 Å². The predicted octanol–water partition coefficient (Wildman–Crippen LogP) is 0.400. The summed E-state index contributed by atoms with van der Waals surface area (Å²) < 4.78 is 6.51. The molecule has 0 saturated heterocycles. The fraction of sp³-hybridized carbons (Fsp3) is 0.188. The lowest BCUT2D eigenvalue weighted by Gasteiger charge is -2.08. The largest absolute Gasteiger partial charge is 0.504 e. The van der Waals surface area contributed by atoms with Crippen LogP contribution >= 0.6 is 0 Å². The van der Waals surface area contributed by atoms with Crippen LogP contribution in [0.1, 0.15) is 15.9 Å². The van der Waals surface area contributed by atoms with Crippen molar-refractivity contribution in [2.75, 3.05) is 7.11 Å². The molecule has 0 aliphatic heterocycles. The average molecular weight is 332 g/mol. The minimum Gasteiger partial charge on any atom is -0.504 e. The molecule has 0 unspecified atom stereocenters. The quantitative estimate of drug-likeness (QED) is 0.619. The molecular weight excluding hydrogens is 316 g/mol. The molecule has 2 rings (SSSR count). The van der Waals surface area contributed by atoms with Gasteiger partial charge in [-0.25, -0.2) is 4.79 Å². The minimum atomic E-state index is -0.881. The van der Waals surface area contributed by atoms with Gasteiger partial charge >= 0.3 is 5.69 Å². The number of carbonyl (C=O) groups excluding carboxylic acids is 1. The lowest BCUT2D eigenvalue weighted by Crippen LogP contribution is -2.39. The van der Waals surface area contributed by atoms with Gasteiger partial charge in [0.1, 0.15) is 5.56 Å². The van der Waals surface area contributed by atoms with Gasteiger partial charge in [-0.05, 0) is 23.8 Å². The number of allylic oxidation sites excluding steroid dienone is 1. The lowest BCUT2D eigenvalue weighted by molar-refractivity contribution is 0.104. The first kappa shape index (κ1) is 17.1. The highest BCUT2D eigenvalue weighted by molar-refractivity contribution is 6.08. The van der Waals surface area contributed by atoms with E-state index in [1.54, 1.807) is 6.07 Å². The number of phenolic OH excluding ortho intramolecular Hbond substituents is 1. The zero-order valence-electron chi connectivity index (χ0n) is 13.3. The van der Waals surface area contributed by atoms with Crippen molar-refractivity contribution in [3.8, 4) is 17.4 Å². The molecule has 0 radical (unpaired) electrons. The molecule has 126 valence electrons. The summed E-state index contributed by atoms with van der Waals surface area (Å²) in [6.07, 6.45) is 2.49. The van der Waals surface area contributed by atoms with E-state index in [1.165, 1.54) is 39.4 Å². The van der Waals surface area contributed by atoms with Gasteiger partial charge in [-0.2, -0.15) is 0 Å². The molecule has 24 heavy (non-hydrogen) atoms. The van der Waals surface area contributed by atoms with Gasteiger partial charge in [-0.1, -0.05) is 12.1 Å². The number of aromatic hydroxyl groups is 2. The molecule has 0 spiro atoms. The highest BCUT2D eigenvalue weighted by Gasteiger charge is 2.19. The van der Waals surface area contributed by atoms with Crippen molar-refractivity contribution in [1.82, 2.24) is 9.13 Å². The Morgan fingerprint density at radius 2 is 1.83 bits per heavy atom. The zero-order valence-corrected chi connectivity index (χ0v) is 13.3. The van der Waals surface area contributed by atoms with Gasteiger partial charge < -0.3 is 14.9 Å². The fourth-order valence-electron chi connectivity index (χ4n) is 2.10. The summed E-state index contributed by atoms with van der Waals surface area (Å²) in [4.78, 5) is 35.9. The Labute approximate surface area is 136 Å². The van der Waals surface area contributed by atoms with Crippen LogP contribution in [0.15, 0.2) is 33.9 Å². The fourth-order valence-corrected chi connectivity index (χ4v) is 2.10. The van der Waals surface area contributed by atoms with Crippen LogP contribution in [0.3, 0.4) is 0 Å². The van der Waals surface area contributed by atoms with E-state index >= 15 is 0 Å². The van der Waals surface area contributed by atoms with Gasteiger partial charge in [-0.3, -0.25) is 18.7 Å². The summed E-state index contributed by atoms with van der Waals surface area (Å²) in [6.45, 7) is 0. The van der Waals surface area contributed by atoms with E-state index in [4.69, 9.17) is 4.74 Å². The maximum Gasteiger partial charge on any atom is 0.333 e. The maximum atomic E-state index is 12.2. The second-order valence-electron chi connectivity index (χ2n) is 5.03. The van der Waals surface area contributed by atoms with Crippen LogP contribution in [0.25, 0.3) is 6.08 Å². The Bertz CT molecular complexity index is 952. The molecule has 0 saturated carbocycles. The molecule has 2 N–H and O–H groups in total. The van der Waals surface area contributed by atoms with Crippen molar-refractivity contribution in [2.45, 2.75) is 0 Å². The van der Waals surface area contributed by atoms with E-state index in [9.17, 15) is 24.6 Å². The lowest BCUT2D eigenvalue weighted by atomic mass is 10.1. The topological polar surface area (TPSA) is 111 Å².